The topological polar surface area (TPSA) is 48.7 Å². The van der Waals surface area contributed by atoms with Crippen molar-refractivity contribution in [3.63, 3.8) is 0 Å². The van der Waals surface area contributed by atoms with Gasteiger partial charge in [-0.15, -0.1) is 0 Å². The first-order chi connectivity index (χ1) is 9.82. The third-order valence-corrected chi connectivity index (χ3v) is 2.89. The summed E-state index contributed by atoms with van der Waals surface area (Å²) in [5, 5.41) is 11.0. The van der Waals surface area contributed by atoms with Crippen molar-refractivity contribution in [1.29, 1.82) is 5.26 Å². The first-order valence-corrected chi connectivity index (χ1v) is 5.90. The van der Waals surface area contributed by atoms with Gasteiger partial charge in [0.2, 0.25) is 0 Å². The molecule has 0 aliphatic carbocycles. The number of anilines is 2. The number of aromatic nitrogens is 1. The molecule has 1 N–H and O–H groups in total. The minimum absolute atomic E-state index is 0.0139. The molecule has 0 spiro atoms. The molecule has 3 nitrogen and oxygen atoms in total. The number of halogens is 5. The molecule has 0 amide bonds. The second kappa shape index (κ2) is 5.58. The number of benzene rings is 1. The van der Waals surface area contributed by atoms with Crippen LogP contribution < -0.4 is 5.32 Å². The highest BCUT2D eigenvalue weighted by molar-refractivity contribution is 6.33. The number of nitrogens with one attached hydrogen (secondary N) is 1. The Labute approximate surface area is 121 Å². The zero-order valence-corrected chi connectivity index (χ0v) is 10.9. The monoisotopic (exact) mass is 315 g/mol. The highest BCUT2D eigenvalue weighted by atomic mass is 35.5. The van der Waals surface area contributed by atoms with Gasteiger partial charge in [0.05, 0.1) is 16.3 Å². The lowest BCUT2D eigenvalue weighted by atomic mass is 10.2. The predicted molar refractivity (Wildman–Crippen MR) is 68.6 cm³/mol. The van der Waals surface area contributed by atoms with Crippen LogP contribution in [-0.4, -0.2) is 4.98 Å². The van der Waals surface area contributed by atoms with Gasteiger partial charge in [0.1, 0.15) is 23.4 Å². The highest BCUT2D eigenvalue weighted by Gasteiger charge is 2.33. The fraction of sp³-hybridized carbons (Fsp3) is 0.0769. The van der Waals surface area contributed by atoms with Crippen LogP contribution in [0.15, 0.2) is 30.3 Å². The summed E-state index contributed by atoms with van der Waals surface area (Å²) < 4.78 is 51.2. The Morgan fingerprint density at radius 3 is 2.52 bits per heavy atom. The van der Waals surface area contributed by atoms with Crippen LogP contribution in [0.5, 0.6) is 0 Å². The van der Waals surface area contributed by atoms with Crippen molar-refractivity contribution in [1.82, 2.24) is 4.98 Å². The molecule has 0 aliphatic rings. The van der Waals surface area contributed by atoms with Crippen molar-refractivity contribution >= 4 is 23.1 Å². The summed E-state index contributed by atoms with van der Waals surface area (Å²) in [5.41, 5.74) is -1.28. The molecule has 1 aromatic carbocycles. The van der Waals surface area contributed by atoms with Gasteiger partial charge in [-0.1, -0.05) is 17.7 Å². The Kier molecular flexibility index (Phi) is 4.00. The normalized spacial score (nSPS) is 11.0. The fourth-order valence-electron chi connectivity index (χ4n) is 1.53. The summed E-state index contributed by atoms with van der Waals surface area (Å²) in [6.45, 7) is 0. The Hall–Kier alpha value is -2.33. The van der Waals surface area contributed by atoms with E-state index < -0.39 is 17.7 Å². The number of rotatable bonds is 2. The van der Waals surface area contributed by atoms with Gasteiger partial charge in [-0.2, -0.15) is 18.4 Å². The van der Waals surface area contributed by atoms with E-state index in [9.17, 15) is 17.6 Å². The number of nitrogens with zero attached hydrogens (tertiary/aromatic N) is 2. The first kappa shape index (κ1) is 15.1. The average molecular weight is 316 g/mol. The molecular formula is C13H6ClF4N3. The number of nitriles is 1. The molecule has 0 saturated carbocycles. The van der Waals surface area contributed by atoms with Crippen LogP contribution in [0, 0.1) is 17.1 Å². The average Bonchev–Trinajstić information content (AvgIpc) is 2.43. The summed E-state index contributed by atoms with van der Waals surface area (Å²) in [6.07, 6.45) is -4.66. The fourth-order valence-corrected chi connectivity index (χ4v) is 1.70. The van der Waals surface area contributed by atoms with Gasteiger partial charge in [-0.05, 0) is 24.3 Å². The smallest absolute Gasteiger partial charge is 0.338 e. The highest BCUT2D eigenvalue weighted by Crippen LogP contribution is 2.32. The number of alkyl halides is 3. The second-order valence-corrected chi connectivity index (χ2v) is 4.31. The largest absolute Gasteiger partial charge is 0.433 e. The molecule has 2 aromatic rings. The summed E-state index contributed by atoms with van der Waals surface area (Å²) in [6, 6.07) is 7.14. The molecule has 1 aromatic heterocycles. The Bertz CT molecular complexity index is 722. The molecule has 0 fully saturated rings. The zero-order chi connectivity index (χ0) is 15.6. The lowest BCUT2D eigenvalue weighted by molar-refractivity contribution is -0.141. The maximum atomic E-state index is 13.3. The molecule has 1 heterocycles. The zero-order valence-electron chi connectivity index (χ0n) is 10.2. The standard InChI is InChI=1S/C13H6ClF4N3/c14-11-8(15)2-1-3-9(11)20-12-7(6-19)4-5-10(21-12)13(16,17)18/h1-5H,(H,20,21). The molecule has 8 heteroatoms. The van der Waals surface area contributed by atoms with E-state index in [0.717, 1.165) is 12.1 Å². The molecule has 108 valence electrons. The van der Waals surface area contributed by atoms with Crippen molar-refractivity contribution < 1.29 is 17.6 Å². The summed E-state index contributed by atoms with van der Waals surface area (Å²) in [5.74, 6) is -1.09. The number of hydrogen-bond donors (Lipinski definition) is 1. The number of pyridine rings is 1. The summed E-state index contributed by atoms with van der Waals surface area (Å²) >= 11 is 5.70. The van der Waals surface area contributed by atoms with Crippen LogP contribution in [0.3, 0.4) is 0 Å². The second-order valence-electron chi connectivity index (χ2n) is 3.93. The lowest BCUT2D eigenvalue weighted by Crippen LogP contribution is -2.10. The lowest BCUT2D eigenvalue weighted by Gasteiger charge is -2.12. The van der Waals surface area contributed by atoms with Crippen molar-refractivity contribution in [2.45, 2.75) is 6.18 Å². The third-order valence-electron chi connectivity index (χ3n) is 2.51. The maximum absolute atomic E-state index is 13.3. The van der Waals surface area contributed by atoms with Crippen molar-refractivity contribution in [2.75, 3.05) is 5.32 Å². The minimum atomic E-state index is -4.66. The van der Waals surface area contributed by atoms with E-state index in [0.29, 0.717) is 6.07 Å². The van der Waals surface area contributed by atoms with E-state index in [1.54, 1.807) is 6.07 Å². The SMILES string of the molecule is N#Cc1ccc(C(F)(F)F)nc1Nc1cccc(F)c1Cl. The maximum Gasteiger partial charge on any atom is 0.433 e. The Balaban J connectivity index is 2.48. The van der Waals surface area contributed by atoms with E-state index in [2.05, 4.69) is 10.3 Å². The van der Waals surface area contributed by atoms with E-state index in [1.807, 2.05) is 0 Å². The quantitative estimate of drug-likeness (QED) is 0.830. The van der Waals surface area contributed by atoms with Crippen LogP contribution >= 0.6 is 11.6 Å². The van der Waals surface area contributed by atoms with Gasteiger partial charge in [0, 0.05) is 0 Å². The van der Waals surface area contributed by atoms with Crippen LogP contribution in [-0.2, 0) is 6.18 Å². The van der Waals surface area contributed by atoms with E-state index in [1.165, 1.54) is 12.1 Å². The van der Waals surface area contributed by atoms with Gasteiger partial charge < -0.3 is 5.32 Å². The van der Waals surface area contributed by atoms with Crippen molar-refractivity contribution in [3.8, 4) is 6.07 Å². The van der Waals surface area contributed by atoms with Gasteiger partial charge in [0.15, 0.2) is 0 Å². The van der Waals surface area contributed by atoms with Crippen LogP contribution in [0.4, 0.5) is 29.1 Å². The first-order valence-electron chi connectivity index (χ1n) is 5.52. The van der Waals surface area contributed by atoms with Crippen LogP contribution in [0.2, 0.25) is 5.02 Å². The molecule has 2 rings (SSSR count). The summed E-state index contributed by atoms with van der Waals surface area (Å²) in [4.78, 5) is 3.34. The predicted octanol–water partition coefficient (Wildman–Crippen LogP) is 4.51. The van der Waals surface area contributed by atoms with Crippen LogP contribution in [0.25, 0.3) is 0 Å². The molecule has 0 radical (unpaired) electrons. The molecule has 0 unspecified atom stereocenters. The van der Waals surface area contributed by atoms with Crippen LogP contribution in [0.1, 0.15) is 11.3 Å². The molecule has 21 heavy (non-hydrogen) atoms. The minimum Gasteiger partial charge on any atom is -0.338 e. The molecule has 0 atom stereocenters. The molecule has 0 aliphatic heterocycles. The van der Waals surface area contributed by atoms with Gasteiger partial charge in [-0.3, -0.25) is 0 Å². The van der Waals surface area contributed by atoms with Crippen molar-refractivity contribution in [3.05, 3.63) is 52.4 Å². The Morgan fingerprint density at radius 1 is 1.19 bits per heavy atom. The van der Waals surface area contributed by atoms with Gasteiger partial charge in [-0.25, -0.2) is 9.37 Å². The van der Waals surface area contributed by atoms with Gasteiger partial charge in [0.25, 0.3) is 0 Å². The van der Waals surface area contributed by atoms with Crippen molar-refractivity contribution in [2.24, 2.45) is 0 Å². The van der Waals surface area contributed by atoms with E-state index in [-0.39, 0.29) is 22.1 Å². The van der Waals surface area contributed by atoms with E-state index in [4.69, 9.17) is 16.9 Å². The molecular weight excluding hydrogens is 310 g/mol. The van der Waals surface area contributed by atoms with Gasteiger partial charge >= 0.3 is 6.18 Å². The Morgan fingerprint density at radius 2 is 1.90 bits per heavy atom. The number of hydrogen-bond acceptors (Lipinski definition) is 3. The third kappa shape index (κ3) is 3.23. The molecule has 0 saturated heterocycles. The molecule has 0 bridgehead atoms. The van der Waals surface area contributed by atoms with E-state index >= 15 is 0 Å². The summed E-state index contributed by atoms with van der Waals surface area (Å²) in [7, 11) is 0.